The van der Waals surface area contributed by atoms with Crippen LogP contribution in [0.3, 0.4) is 0 Å². The Morgan fingerprint density at radius 2 is 0.534 bits per heavy atom. The molecule has 24 rings (SSSR count). The van der Waals surface area contributed by atoms with Crippen LogP contribution >= 0.6 is 0 Å². The number of para-hydroxylation sites is 6. The molecule has 0 fully saturated rings. The minimum absolute atomic E-state index is 0.490. The molecular formula is C104H60N12O2. The third kappa shape index (κ3) is 10.6. The first-order valence-electron chi connectivity index (χ1n) is 39.0. The fourth-order valence-corrected chi connectivity index (χ4v) is 17.6. The molecule has 0 spiro atoms. The van der Waals surface area contributed by atoms with E-state index >= 15 is 0 Å². The molecular weight excluding hydrogens is 1450 g/mol. The second-order valence-electron chi connectivity index (χ2n) is 29.4. The minimum atomic E-state index is 0.490. The highest BCUT2D eigenvalue weighted by Crippen LogP contribution is 2.49. The number of benzene rings is 16. The summed E-state index contributed by atoms with van der Waals surface area (Å²) in [6.07, 6.45) is 0. The standard InChI is InChI=1S/2C52H30N6O/c53-31-35-30-34(52-55-50(32-14-4-1-5-15-32)54-51(56-52)33-16-6-2-7-17-33)24-28-42(35)58-44-23-13-11-20-37(44)39-27-29-45-46(47(39)58)41-26-25-40-38-21-10-12-22-43(38)57(48(40)49(41)59-45)36-18-8-3-9-19-36;53-31-35-30-34(52-55-50(32-14-4-1-5-15-32)54-51(56-52)33-16-6-2-7-17-33)24-27-41(35)58-42-22-12-10-20-37(42)38-26-29-45-47(48(38)58)40-25-28-44-46(49(40)59-45)39-21-11-13-23-43(39)57(44)36-18-8-3-9-19-36/h2*1-30H. The van der Waals surface area contributed by atoms with Gasteiger partial charge in [-0.2, -0.15) is 10.5 Å². The Morgan fingerprint density at radius 3 is 0.958 bits per heavy atom. The lowest BCUT2D eigenvalue weighted by Gasteiger charge is -2.13. The molecule has 14 heteroatoms. The molecule has 0 aliphatic carbocycles. The largest absolute Gasteiger partial charge is 0.455 e. The van der Waals surface area contributed by atoms with Gasteiger partial charge >= 0.3 is 0 Å². The zero-order valence-corrected chi connectivity index (χ0v) is 62.8. The van der Waals surface area contributed by atoms with Crippen molar-refractivity contribution in [2.24, 2.45) is 0 Å². The first-order valence-corrected chi connectivity index (χ1v) is 39.0. The van der Waals surface area contributed by atoms with Gasteiger partial charge < -0.3 is 27.1 Å². The third-order valence-electron chi connectivity index (χ3n) is 22.8. The number of hydrogen-bond donors (Lipinski definition) is 0. The second-order valence-corrected chi connectivity index (χ2v) is 29.4. The van der Waals surface area contributed by atoms with Crippen LogP contribution in [0.4, 0.5) is 0 Å². The molecule has 0 amide bonds. The Labute approximate surface area is 672 Å². The van der Waals surface area contributed by atoms with E-state index in [1.165, 1.54) is 0 Å². The number of fused-ring (bicyclic) bond motifs is 22. The van der Waals surface area contributed by atoms with Gasteiger partial charge in [0, 0.05) is 93.2 Å². The highest BCUT2D eigenvalue weighted by atomic mass is 16.3. The smallest absolute Gasteiger partial charge is 0.164 e. The van der Waals surface area contributed by atoms with Crippen LogP contribution < -0.4 is 0 Å². The predicted octanol–water partition coefficient (Wildman–Crippen LogP) is 25.7. The van der Waals surface area contributed by atoms with E-state index in [1.807, 2.05) is 182 Å². The third-order valence-corrected chi connectivity index (χ3v) is 22.8. The summed E-state index contributed by atoms with van der Waals surface area (Å²) in [6, 6.07) is 129. The molecule has 0 atom stereocenters. The molecule has 118 heavy (non-hydrogen) atoms. The number of rotatable bonds is 10. The average Bonchev–Trinajstić information content (AvgIpc) is 1.54. The summed E-state index contributed by atoms with van der Waals surface area (Å²) < 4.78 is 23.0. The summed E-state index contributed by atoms with van der Waals surface area (Å²) in [5, 5.41) is 34.7. The Hall–Kier alpha value is -16.7. The van der Waals surface area contributed by atoms with E-state index in [0.717, 1.165) is 187 Å². The normalized spacial score (nSPS) is 11.7. The van der Waals surface area contributed by atoms with E-state index < -0.39 is 0 Å². The zero-order valence-electron chi connectivity index (χ0n) is 62.8. The maximum absolute atomic E-state index is 10.9. The van der Waals surface area contributed by atoms with Gasteiger partial charge in [-0.25, -0.2) is 29.9 Å². The van der Waals surface area contributed by atoms with E-state index in [9.17, 15) is 10.5 Å². The Kier molecular flexibility index (Phi) is 15.4. The molecule has 8 aromatic heterocycles. The number of furan rings is 2. The molecule has 0 saturated heterocycles. The van der Waals surface area contributed by atoms with Gasteiger partial charge in [0.25, 0.3) is 0 Å². The van der Waals surface area contributed by atoms with Crippen LogP contribution in [0.2, 0.25) is 0 Å². The molecule has 0 unspecified atom stereocenters. The molecule has 14 nitrogen and oxygen atoms in total. The fraction of sp³-hybridized carbons (Fsp3) is 0. The summed E-state index contributed by atoms with van der Waals surface area (Å²) in [6.45, 7) is 0. The number of aromatic nitrogens is 10. The molecule has 548 valence electrons. The van der Waals surface area contributed by atoms with Crippen molar-refractivity contribution in [2.45, 2.75) is 0 Å². The molecule has 0 radical (unpaired) electrons. The molecule has 0 N–H and O–H groups in total. The van der Waals surface area contributed by atoms with Gasteiger partial charge in [-0.05, 0) is 127 Å². The van der Waals surface area contributed by atoms with Crippen LogP contribution in [0.15, 0.2) is 373 Å². The van der Waals surface area contributed by atoms with Gasteiger partial charge in [0.05, 0.1) is 82.8 Å². The van der Waals surface area contributed by atoms with E-state index in [1.54, 1.807) is 0 Å². The first kappa shape index (κ1) is 67.1. The lowest BCUT2D eigenvalue weighted by Crippen LogP contribution is -2.02. The summed E-state index contributed by atoms with van der Waals surface area (Å²) in [4.78, 5) is 29.5. The van der Waals surface area contributed by atoms with Crippen molar-refractivity contribution in [3.63, 3.8) is 0 Å². The van der Waals surface area contributed by atoms with Crippen LogP contribution in [0.25, 0.3) is 222 Å². The topological polar surface area (TPSA) is 171 Å². The van der Waals surface area contributed by atoms with Crippen molar-refractivity contribution >= 4 is 131 Å². The highest BCUT2D eigenvalue weighted by molar-refractivity contribution is 6.31. The van der Waals surface area contributed by atoms with Crippen LogP contribution in [-0.2, 0) is 0 Å². The molecule has 8 heterocycles. The monoisotopic (exact) mass is 1510 g/mol. The Bertz CT molecular complexity index is 8200. The van der Waals surface area contributed by atoms with E-state index in [2.05, 4.69) is 212 Å². The minimum Gasteiger partial charge on any atom is -0.455 e. The lowest BCUT2D eigenvalue weighted by molar-refractivity contribution is 0.671. The van der Waals surface area contributed by atoms with Gasteiger partial charge in [-0.15, -0.1) is 0 Å². The van der Waals surface area contributed by atoms with Gasteiger partial charge in [0.2, 0.25) is 0 Å². The number of hydrogen-bond acceptors (Lipinski definition) is 10. The van der Waals surface area contributed by atoms with Crippen LogP contribution in [0.5, 0.6) is 0 Å². The summed E-state index contributed by atoms with van der Waals surface area (Å²) >= 11 is 0. The van der Waals surface area contributed by atoms with Gasteiger partial charge in [-0.3, -0.25) is 0 Å². The van der Waals surface area contributed by atoms with Gasteiger partial charge in [-0.1, -0.05) is 237 Å². The van der Waals surface area contributed by atoms with E-state index in [0.29, 0.717) is 46.1 Å². The van der Waals surface area contributed by atoms with Crippen molar-refractivity contribution in [3.05, 3.63) is 375 Å². The summed E-state index contributed by atoms with van der Waals surface area (Å²) in [5.41, 5.74) is 21.1. The van der Waals surface area contributed by atoms with Gasteiger partial charge in [0.15, 0.2) is 40.5 Å². The molecule has 0 bridgehead atoms. The predicted molar refractivity (Wildman–Crippen MR) is 474 cm³/mol. The Balaban J connectivity index is 0.000000138. The zero-order chi connectivity index (χ0) is 78.1. The van der Waals surface area contributed by atoms with Crippen molar-refractivity contribution < 1.29 is 8.83 Å². The molecule has 16 aromatic carbocycles. The van der Waals surface area contributed by atoms with Crippen molar-refractivity contribution in [3.8, 4) is 103 Å². The highest BCUT2D eigenvalue weighted by Gasteiger charge is 2.28. The quantitative estimate of drug-likeness (QED) is 0.128. The summed E-state index contributed by atoms with van der Waals surface area (Å²) in [7, 11) is 0. The Morgan fingerprint density at radius 1 is 0.220 bits per heavy atom. The first-order chi connectivity index (χ1) is 58.5. The lowest BCUT2D eigenvalue weighted by atomic mass is 10.0. The van der Waals surface area contributed by atoms with Crippen LogP contribution in [0, 0.1) is 22.7 Å². The SMILES string of the molecule is N#Cc1cc(-c2nc(-c3ccccc3)nc(-c3ccccc3)n2)ccc1-n1c2ccccc2c2ccc3oc4c(ccc5c4c4ccccc4n5-c4ccccc4)c3c21.N#Cc1cc(-c2nc(-c3ccccc3)nc(-c3ccccc3)n2)ccc1-n1c2ccccc2c2ccc3oc4c(ccc5c6ccccc6n(-c6ccccc6)c54)c3c21. The van der Waals surface area contributed by atoms with Crippen molar-refractivity contribution in [2.75, 3.05) is 0 Å². The average molecular weight is 1510 g/mol. The summed E-state index contributed by atoms with van der Waals surface area (Å²) in [5.74, 6) is 3.24. The van der Waals surface area contributed by atoms with Crippen molar-refractivity contribution in [1.82, 2.24) is 48.2 Å². The molecule has 0 aliphatic heterocycles. The molecule has 24 aromatic rings. The van der Waals surface area contributed by atoms with E-state index in [4.69, 9.17) is 38.7 Å². The van der Waals surface area contributed by atoms with Gasteiger partial charge in [0.1, 0.15) is 28.9 Å². The van der Waals surface area contributed by atoms with Crippen LogP contribution in [-0.4, -0.2) is 48.2 Å². The number of nitriles is 2. The maximum atomic E-state index is 10.9. The second kappa shape index (κ2) is 27.0. The van der Waals surface area contributed by atoms with Crippen LogP contribution in [0.1, 0.15) is 11.1 Å². The van der Waals surface area contributed by atoms with Crippen molar-refractivity contribution in [1.29, 1.82) is 10.5 Å². The maximum Gasteiger partial charge on any atom is 0.164 e. The van der Waals surface area contributed by atoms with E-state index in [-0.39, 0.29) is 0 Å². The fourth-order valence-electron chi connectivity index (χ4n) is 17.6. The molecule has 0 aliphatic rings. The number of nitrogens with zero attached hydrogens (tertiary/aromatic N) is 12. The molecule has 0 saturated carbocycles.